The number of hydrogen-bond donors (Lipinski definition) is 2. The van der Waals surface area contributed by atoms with E-state index in [-0.39, 0.29) is 22.2 Å². The van der Waals surface area contributed by atoms with Crippen LogP contribution in [0.15, 0.2) is 42.5 Å². The minimum Gasteiger partial charge on any atom is -0.326 e. The van der Waals surface area contributed by atoms with Gasteiger partial charge in [0.15, 0.2) is 0 Å². The maximum atomic E-state index is 13.7. The van der Waals surface area contributed by atoms with Gasteiger partial charge < -0.3 is 10.6 Å². The molecule has 2 aromatic carbocycles. The van der Waals surface area contributed by atoms with Gasteiger partial charge in [-0.3, -0.25) is 9.59 Å². The summed E-state index contributed by atoms with van der Waals surface area (Å²) in [6.45, 7) is 1.34. The van der Waals surface area contributed by atoms with E-state index in [1.165, 1.54) is 25.1 Å². The van der Waals surface area contributed by atoms with E-state index < -0.39 is 11.7 Å². The predicted molar refractivity (Wildman–Crippen MR) is 80.1 cm³/mol. The second-order valence-corrected chi connectivity index (χ2v) is 4.72. The number of halogens is 2. The van der Waals surface area contributed by atoms with Crippen molar-refractivity contribution in [2.24, 2.45) is 0 Å². The second kappa shape index (κ2) is 6.37. The van der Waals surface area contributed by atoms with Gasteiger partial charge in [0.1, 0.15) is 5.82 Å². The molecule has 0 fully saturated rings. The summed E-state index contributed by atoms with van der Waals surface area (Å²) in [5.41, 5.74) is 0.591. The molecule has 0 heterocycles. The summed E-state index contributed by atoms with van der Waals surface area (Å²) in [6, 6.07) is 10.4. The van der Waals surface area contributed by atoms with Crippen molar-refractivity contribution in [2.75, 3.05) is 10.6 Å². The normalized spacial score (nSPS) is 10.0. The van der Waals surface area contributed by atoms with Gasteiger partial charge in [-0.2, -0.15) is 0 Å². The minimum atomic E-state index is -0.607. The third kappa shape index (κ3) is 3.79. The quantitative estimate of drug-likeness (QED) is 0.908. The molecular formula is C15H12ClFN2O2. The van der Waals surface area contributed by atoms with Crippen LogP contribution in [0.25, 0.3) is 0 Å². The van der Waals surface area contributed by atoms with Gasteiger partial charge in [-0.15, -0.1) is 0 Å². The topological polar surface area (TPSA) is 58.2 Å². The van der Waals surface area contributed by atoms with E-state index in [0.717, 1.165) is 6.07 Å². The number of carbonyl (C=O) groups is 2. The lowest BCUT2D eigenvalue weighted by Gasteiger charge is -2.10. The highest BCUT2D eigenvalue weighted by Crippen LogP contribution is 2.22. The Morgan fingerprint density at radius 1 is 1.10 bits per heavy atom. The van der Waals surface area contributed by atoms with E-state index in [0.29, 0.717) is 5.69 Å². The first-order valence-electron chi connectivity index (χ1n) is 6.10. The fourth-order valence-corrected chi connectivity index (χ4v) is 1.96. The Labute approximate surface area is 125 Å². The van der Waals surface area contributed by atoms with E-state index in [1.807, 2.05) is 0 Å². The Morgan fingerprint density at radius 3 is 2.48 bits per heavy atom. The third-order valence-corrected chi connectivity index (χ3v) is 2.98. The molecule has 0 atom stereocenters. The average Bonchev–Trinajstić information content (AvgIpc) is 2.42. The lowest BCUT2D eigenvalue weighted by molar-refractivity contribution is -0.114. The highest BCUT2D eigenvalue weighted by molar-refractivity contribution is 6.34. The lowest BCUT2D eigenvalue weighted by Crippen LogP contribution is -2.14. The van der Waals surface area contributed by atoms with Crippen molar-refractivity contribution in [1.29, 1.82) is 0 Å². The zero-order valence-electron chi connectivity index (χ0n) is 11.1. The molecule has 108 valence electrons. The summed E-state index contributed by atoms with van der Waals surface area (Å²) in [4.78, 5) is 23.1. The molecule has 0 aromatic heterocycles. The van der Waals surface area contributed by atoms with Crippen LogP contribution in [0, 0.1) is 5.82 Å². The molecule has 0 bridgehead atoms. The van der Waals surface area contributed by atoms with Crippen molar-refractivity contribution in [3.63, 3.8) is 0 Å². The predicted octanol–water partition coefficient (Wildman–Crippen LogP) is 3.69. The van der Waals surface area contributed by atoms with Crippen LogP contribution < -0.4 is 10.6 Å². The smallest absolute Gasteiger partial charge is 0.257 e. The molecule has 2 N–H and O–H groups in total. The van der Waals surface area contributed by atoms with E-state index in [4.69, 9.17) is 11.6 Å². The summed E-state index contributed by atoms with van der Waals surface area (Å²) >= 11 is 5.91. The van der Waals surface area contributed by atoms with Gasteiger partial charge in [-0.25, -0.2) is 4.39 Å². The zero-order valence-corrected chi connectivity index (χ0v) is 11.9. The fourth-order valence-electron chi connectivity index (χ4n) is 1.74. The minimum absolute atomic E-state index is 0.0360. The first-order chi connectivity index (χ1) is 9.97. The van der Waals surface area contributed by atoms with Crippen LogP contribution in [0.2, 0.25) is 5.02 Å². The Kier molecular flexibility index (Phi) is 4.55. The van der Waals surface area contributed by atoms with Gasteiger partial charge in [0.25, 0.3) is 5.91 Å². The van der Waals surface area contributed by atoms with Gasteiger partial charge in [-0.05, 0) is 30.3 Å². The molecule has 2 aromatic rings. The Bertz CT molecular complexity index is 704. The fraction of sp³-hybridized carbons (Fsp3) is 0.0667. The molecule has 0 aliphatic rings. The first-order valence-corrected chi connectivity index (χ1v) is 6.48. The van der Waals surface area contributed by atoms with Crippen LogP contribution in [-0.2, 0) is 4.79 Å². The third-order valence-electron chi connectivity index (χ3n) is 2.65. The molecule has 0 aliphatic heterocycles. The van der Waals surface area contributed by atoms with Gasteiger partial charge in [0.05, 0.1) is 16.3 Å². The lowest BCUT2D eigenvalue weighted by atomic mass is 10.2. The van der Waals surface area contributed by atoms with E-state index in [2.05, 4.69) is 10.6 Å². The number of hydrogen-bond acceptors (Lipinski definition) is 2. The first kappa shape index (κ1) is 15.0. The number of carbonyl (C=O) groups excluding carboxylic acids is 2. The van der Waals surface area contributed by atoms with Crippen LogP contribution >= 0.6 is 11.6 Å². The van der Waals surface area contributed by atoms with Crippen molar-refractivity contribution in [1.82, 2.24) is 0 Å². The van der Waals surface area contributed by atoms with Gasteiger partial charge in [-0.1, -0.05) is 23.7 Å². The van der Waals surface area contributed by atoms with E-state index in [1.54, 1.807) is 18.2 Å². The van der Waals surface area contributed by atoms with Crippen molar-refractivity contribution in [3.05, 3.63) is 58.9 Å². The van der Waals surface area contributed by atoms with Crippen LogP contribution in [0.1, 0.15) is 17.3 Å². The van der Waals surface area contributed by atoms with Crippen LogP contribution in [0.3, 0.4) is 0 Å². The molecule has 0 saturated carbocycles. The largest absolute Gasteiger partial charge is 0.326 e. The maximum Gasteiger partial charge on any atom is 0.257 e. The molecule has 2 amide bonds. The van der Waals surface area contributed by atoms with Crippen LogP contribution in [0.4, 0.5) is 15.8 Å². The van der Waals surface area contributed by atoms with Crippen LogP contribution in [-0.4, -0.2) is 11.8 Å². The highest BCUT2D eigenvalue weighted by Gasteiger charge is 2.12. The monoisotopic (exact) mass is 306 g/mol. The molecule has 0 saturated heterocycles. The van der Waals surface area contributed by atoms with Gasteiger partial charge in [0, 0.05) is 12.6 Å². The summed E-state index contributed by atoms with van der Waals surface area (Å²) in [5, 5.41) is 5.22. The SMILES string of the molecule is CC(=O)Nc1ccc(F)c(NC(=O)c2ccccc2Cl)c1. The zero-order chi connectivity index (χ0) is 15.4. The van der Waals surface area contributed by atoms with Crippen molar-refractivity contribution in [2.45, 2.75) is 6.92 Å². The standard InChI is InChI=1S/C15H12ClFN2O2/c1-9(20)18-10-6-7-13(17)14(8-10)19-15(21)11-4-2-3-5-12(11)16/h2-8H,1H3,(H,18,20)(H,19,21). The molecule has 4 nitrogen and oxygen atoms in total. The number of anilines is 2. The average molecular weight is 307 g/mol. The highest BCUT2D eigenvalue weighted by atomic mass is 35.5. The molecule has 0 unspecified atom stereocenters. The number of benzene rings is 2. The molecule has 6 heteroatoms. The molecule has 0 aliphatic carbocycles. The summed E-state index contributed by atoms with van der Waals surface area (Å²) < 4.78 is 13.7. The van der Waals surface area contributed by atoms with E-state index >= 15 is 0 Å². The number of amides is 2. The molecule has 0 spiro atoms. The summed E-state index contributed by atoms with van der Waals surface area (Å²) in [6.07, 6.45) is 0. The van der Waals surface area contributed by atoms with Gasteiger partial charge in [0.2, 0.25) is 5.91 Å². The Balaban J connectivity index is 2.24. The maximum absolute atomic E-state index is 13.7. The Hall–Kier alpha value is -2.40. The van der Waals surface area contributed by atoms with Crippen LogP contribution in [0.5, 0.6) is 0 Å². The summed E-state index contributed by atoms with van der Waals surface area (Å²) in [7, 11) is 0. The second-order valence-electron chi connectivity index (χ2n) is 4.31. The van der Waals surface area contributed by atoms with Crippen molar-refractivity contribution >= 4 is 34.8 Å². The van der Waals surface area contributed by atoms with Crippen molar-refractivity contribution in [3.8, 4) is 0 Å². The van der Waals surface area contributed by atoms with Gasteiger partial charge >= 0.3 is 0 Å². The number of nitrogens with one attached hydrogen (secondary N) is 2. The molecular weight excluding hydrogens is 295 g/mol. The summed E-state index contributed by atoms with van der Waals surface area (Å²) in [5.74, 6) is -1.42. The Morgan fingerprint density at radius 2 is 1.81 bits per heavy atom. The molecule has 21 heavy (non-hydrogen) atoms. The molecule has 0 radical (unpaired) electrons. The van der Waals surface area contributed by atoms with E-state index in [9.17, 15) is 14.0 Å². The van der Waals surface area contributed by atoms with Crippen molar-refractivity contribution < 1.29 is 14.0 Å². The number of rotatable bonds is 3. The molecule has 2 rings (SSSR count).